The molecule has 2 amide bonds. The number of anilines is 1. The summed E-state index contributed by atoms with van der Waals surface area (Å²) >= 11 is 0. The summed E-state index contributed by atoms with van der Waals surface area (Å²) in [6, 6.07) is 9.57. The summed E-state index contributed by atoms with van der Waals surface area (Å²) < 4.78 is 7.82. The third-order valence-corrected chi connectivity index (χ3v) is 5.31. The smallest absolute Gasteiger partial charge is 0.322 e. The van der Waals surface area contributed by atoms with E-state index in [1.165, 1.54) is 11.1 Å². The normalized spacial score (nSPS) is 16.1. The zero-order valence-corrected chi connectivity index (χ0v) is 16.7. The molecule has 0 spiro atoms. The van der Waals surface area contributed by atoms with Gasteiger partial charge >= 0.3 is 6.03 Å². The lowest BCUT2D eigenvalue weighted by Gasteiger charge is -2.25. The number of carbonyl (C=O) groups excluding carboxylic acids is 1. The van der Waals surface area contributed by atoms with Gasteiger partial charge in [0.1, 0.15) is 5.75 Å². The largest absolute Gasteiger partial charge is 0.439 e. The van der Waals surface area contributed by atoms with Crippen LogP contribution in [0, 0.1) is 13.8 Å². The Morgan fingerprint density at radius 3 is 2.86 bits per heavy atom. The van der Waals surface area contributed by atoms with E-state index in [1.807, 2.05) is 46.9 Å². The molecule has 1 aliphatic heterocycles. The maximum atomic E-state index is 12.7. The van der Waals surface area contributed by atoms with Gasteiger partial charge in [0.15, 0.2) is 0 Å². The summed E-state index contributed by atoms with van der Waals surface area (Å²) in [4.78, 5) is 23.0. The van der Waals surface area contributed by atoms with Crippen molar-refractivity contribution in [3.63, 3.8) is 0 Å². The molecule has 150 valence electrons. The molecule has 1 aromatic carbocycles. The molecule has 1 atom stereocenters. The first-order valence-corrected chi connectivity index (χ1v) is 9.83. The fourth-order valence-electron chi connectivity index (χ4n) is 3.54. The van der Waals surface area contributed by atoms with Crippen LogP contribution in [0.5, 0.6) is 11.6 Å². The second-order valence-electron chi connectivity index (χ2n) is 7.41. The van der Waals surface area contributed by atoms with Crippen molar-refractivity contribution in [2.45, 2.75) is 39.3 Å². The van der Waals surface area contributed by atoms with E-state index < -0.39 is 0 Å². The highest BCUT2D eigenvalue weighted by Crippen LogP contribution is 2.24. The van der Waals surface area contributed by atoms with Crippen molar-refractivity contribution in [1.82, 2.24) is 19.4 Å². The third-order valence-electron chi connectivity index (χ3n) is 5.31. The van der Waals surface area contributed by atoms with Gasteiger partial charge < -0.3 is 19.5 Å². The number of ether oxygens (including phenoxy) is 1. The van der Waals surface area contributed by atoms with Crippen molar-refractivity contribution in [3.8, 4) is 11.6 Å². The Bertz CT molecular complexity index is 969. The van der Waals surface area contributed by atoms with E-state index >= 15 is 0 Å². The van der Waals surface area contributed by atoms with Gasteiger partial charge in [0.05, 0.1) is 24.3 Å². The van der Waals surface area contributed by atoms with Crippen LogP contribution in [0.4, 0.5) is 10.5 Å². The second kappa shape index (κ2) is 8.34. The highest BCUT2D eigenvalue weighted by atomic mass is 16.5. The Kier molecular flexibility index (Phi) is 5.46. The highest BCUT2D eigenvalue weighted by Gasteiger charge is 2.29. The molecular formula is C22H25N5O2. The Balaban J connectivity index is 1.36. The van der Waals surface area contributed by atoms with Crippen LogP contribution in [0.25, 0.3) is 0 Å². The number of nitrogens with one attached hydrogen (secondary N) is 1. The molecule has 7 nitrogen and oxygen atoms in total. The number of amides is 2. The number of rotatable bonds is 5. The van der Waals surface area contributed by atoms with Gasteiger partial charge in [0.25, 0.3) is 0 Å². The Hall–Kier alpha value is -3.35. The molecule has 4 rings (SSSR count). The summed E-state index contributed by atoms with van der Waals surface area (Å²) in [5, 5.41) is 2.95. The van der Waals surface area contributed by atoms with Crippen LogP contribution in [0.15, 0.2) is 55.2 Å². The zero-order valence-electron chi connectivity index (χ0n) is 16.7. The predicted molar refractivity (Wildman–Crippen MR) is 111 cm³/mol. The van der Waals surface area contributed by atoms with Gasteiger partial charge in [0, 0.05) is 31.5 Å². The summed E-state index contributed by atoms with van der Waals surface area (Å²) in [5.74, 6) is 1.24. The summed E-state index contributed by atoms with van der Waals surface area (Å²) in [7, 11) is 0. The molecule has 29 heavy (non-hydrogen) atoms. The molecular weight excluding hydrogens is 366 g/mol. The van der Waals surface area contributed by atoms with E-state index in [4.69, 9.17) is 4.74 Å². The first-order valence-electron chi connectivity index (χ1n) is 9.83. The lowest BCUT2D eigenvalue weighted by molar-refractivity contribution is 0.201. The average molecular weight is 391 g/mol. The quantitative estimate of drug-likeness (QED) is 0.700. The van der Waals surface area contributed by atoms with Crippen molar-refractivity contribution < 1.29 is 9.53 Å². The van der Waals surface area contributed by atoms with E-state index in [-0.39, 0.29) is 12.1 Å². The molecule has 1 N–H and O–H groups in total. The van der Waals surface area contributed by atoms with E-state index in [0.717, 1.165) is 31.7 Å². The highest BCUT2D eigenvalue weighted by molar-refractivity contribution is 5.89. The maximum absolute atomic E-state index is 12.7. The number of aromatic nitrogens is 3. The van der Waals surface area contributed by atoms with Gasteiger partial charge in [0.2, 0.25) is 5.88 Å². The molecule has 3 aromatic rings. The molecule has 0 bridgehead atoms. The maximum Gasteiger partial charge on any atom is 0.322 e. The Morgan fingerprint density at radius 2 is 2.14 bits per heavy atom. The lowest BCUT2D eigenvalue weighted by atomic mass is 10.1. The van der Waals surface area contributed by atoms with Crippen LogP contribution in [-0.4, -0.2) is 38.1 Å². The monoisotopic (exact) mass is 391 g/mol. The standard InChI is InChI=1S/C22H25N5O2/c1-16-5-7-20(12-17(16)2)29-21-8-6-18(13-24-21)25-22(28)27-10-3-4-19(27)14-26-11-9-23-15-26/h5-9,11-13,15,19H,3-4,10,14H2,1-2H3,(H,25,28)/t19-/m1/s1. The number of urea groups is 1. The number of nitrogens with zero attached hydrogens (tertiary/aromatic N) is 4. The van der Waals surface area contributed by atoms with E-state index in [0.29, 0.717) is 11.6 Å². The van der Waals surface area contributed by atoms with Crippen LogP contribution in [0.3, 0.4) is 0 Å². The number of carbonyl (C=O) groups is 1. The Labute approximate surface area is 170 Å². The van der Waals surface area contributed by atoms with Gasteiger partial charge in [-0.25, -0.2) is 14.8 Å². The van der Waals surface area contributed by atoms with Gasteiger partial charge in [-0.05, 0) is 56.0 Å². The minimum Gasteiger partial charge on any atom is -0.439 e. The molecule has 1 fully saturated rings. The van der Waals surface area contributed by atoms with Crippen LogP contribution in [0.2, 0.25) is 0 Å². The van der Waals surface area contributed by atoms with Gasteiger partial charge in [-0.2, -0.15) is 0 Å². The molecule has 0 aliphatic carbocycles. The van der Waals surface area contributed by atoms with Crippen molar-refractivity contribution in [2.24, 2.45) is 0 Å². The molecule has 0 radical (unpaired) electrons. The first kappa shape index (κ1) is 19.0. The summed E-state index contributed by atoms with van der Waals surface area (Å²) in [6.45, 7) is 5.63. The number of hydrogen-bond donors (Lipinski definition) is 1. The number of likely N-dealkylation sites (tertiary alicyclic amines) is 1. The van der Waals surface area contributed by atoms with Crippen LogP contribution in [0.1, 0.15) is 24.0 Å². The molecule has 1 saturated heterocycles. The zero-order chi connectivity index (χ0) is 20.2. The molecule has 3 heterocycles. The average Bonchev–Trinajstić information content (AvgIpc) is 3.39. The molecule has 7 heteroatoms. The number of benzene rings is 1. The van der Waals surface area contributed by atoms with E-state index in [1.54, 1.807) is 24.8 Å². The van der Waals surface area contributed by atoms with Crippen molar-refractivity contribution in [2.75, 3.05) is 11.9 Å². The summed E-state index contributed by atoms with van der Waals surface area (Å²) in [5.41, 5.74) is 3.04. The van der Waals surface area contributed by atoms with Gasteiger partial charge in [-0.1, -0.05) is 6.07 Å². The number of aryl methyl sites for hydroxylation is 2. The first-order chi connectivity index (χ1) is 14.1. The predicted octanol–water partition coefficient (Wildman–Crippen LogP) is 4.38. The molecule has 0 saturated carbocycles. The molecule has 0 unspecified atom stereocenters. The van der Waals surface area contributed by atoms with Crippen LogP contribution >= 0.6 is 0 Å². The second-order valence-corrected chi connectivity index (χ2v) is 7.41. The third kappa shape index (κ3) is 4.56. The van der Waals surface area contributed by atoms with Gasteiger partial charge in [-0.3, -0.25) is 0 Å². The van der Waals surface area contributed by atoms with Crippen molar-refractivity contribution in [3.05, 3.63) is 66.4 Å². The van der Waals surface area contributed by atoms with E-state index in [9.17, 15) is 4.79 Å². The van der Waals surface area contributed by atoms with Crippen molar-refractivity contribution >= 4 is 11.7 Å². The van der Waals surface area contributed by atoms with Gasteiger partial charge in [-0.15, -0.1) is 0 Å². The molecule has 2 aromatic heterocycles. The number of pyridine rings is 1. The number of imidazole rings is 1. The SMILES string of the molecule is Cc1ccc(Oc2ccc(NC(=O)N3CCC[C@@H]3Cn3ccnc3)cn2)cc1C. The topological polar surface area (TPSA) is 72.3 Å². The van der Waals surface area contributed by atoms with Crippen molar-refractivity contribution in [1.29, 1.82) is 0 Å². The summed E-state index contributed by atoms with van der Waals surface area (Å²) in [6.07, 6.45) is 9.08. The fourth-order valence-corrected chi connectivity index (χ4v) is 3.54. The van der Waals surface area contributed by atoms with Crippen LogP contribution < -0.4 is 10.1 Å². The minimum absolute atomic E-state index is 0.0998. The van der Waals surface area contributed by atoms with E-state index in [2.05, 4.69) is 22.2 Å². The number of hydrogen-bond acceptors (Lipinski definition) is 4. The fraction of sp³-hybridized carbons (Fsp3) is 0.318. The minimum atomic E-state index is -0.0998. The lowest BCUT2D eigenvalue weighted by Crippen LogP contribution is -2.40. The van der Waals surface area contributed by atoms with Crippen LogP contribution in [-0.2, 0) is 6.54 Å². The molecule has 1 aliphatic rings. The Morgan fingerprint density at radius 1 is 1.24 bits per heavy atom.